The van der Waals surface area contributed by atoms with Crippen LogP contribution >= 0.6 is 0 Å². The van der Waals surface area contributed by atoms with Gasteiger partial charge in [-0.25, -0.2) is 4.79 Å². The van der Waals surface area contributed by atoms with Gasteiger partial charge in [-0.2, -0.15) is 0 Å². The summed E-state index contributed by atoms with van der Waals surface area (Å²) in [6.07, 6.45) is -1.08. The number of hydrogen-bond acceptors (Lipinski definition) is 5. The summed E-state index contributed by atoms with van der Waals surface area (Å²) in [5.41, 5.74) is 1.83. The number of aliphatic hydroxyl groups is 1. The lowest BCUT2D eigenvalue weighted by Gasteiger charge is -2.26. The lowest BCUT2D eigenvalue weighted by atomic mass is 9.98. The summed E-state index contributed by atoms with van der Waals surface area (Å²) in [6.45, 7) is 3.98. The van der Waals surface area contributed by atoms with Crippen LogP contribution in [0.5, 0.6) is 0 Å². The summed E-state index contributed by atoms with van der Waals surface area (Å²) in [5, 5.41) is 16.2. The molecule has 3 atom stereocenters. The highest BCUT2D eigenvalue weighted by Gasteiger charge is 2.31. The Morgan fingerprint density at radius 1 is 0.939 bits per heavy atom. The van der Waals surface area contributed by atoms with Gasteiger partial charge in [0.05, 0.1) is 6.04 Å². The van der Waals surface area contributed by atoms with Gasteiger partial charge in [0, 0.05) is 5.56 Å². The number of nitrogens with one attached hydrogen (secondary N) is 2. The molecule has 0 aromatic heterocycles. The van der Waals surface area contributed by atoms with E-state index in [1.165, 1.54) is 6.07 Å². The molecule has 0 radical (unpaired) electrons. The third-order valence-electron chi connectivity index (χ3n) is 5.34. The number of ether oxygens (including phenoxy) is 1. The van der Waals surface area contributed by atoms with Gasteiger partial charge in [0.1, 0.15) is 18.8 Å². The lowest BCUT2D eigenvalue weighted by molar-refractivity contribution is -0.125. The monoisotopic (exact) mass is 450 g/mol. The molecule has 0 saturated carbocycles. The first-order chi connectivity index (χ1) is 15.8. The third-order valence-corrected chi connectivity index (χ3v) is 5.34. The second kappa shape index (κ2) is 11.4. The Labute approximate surface area is 193 Å². The number of aliphatic hydroxyl groups excluding tert-OH is 1. The van der Waals surface area contributed by atoms with Crippen LogP contribution in [0.2, 0.25) is 0 Å². The average Bonchev–Trinajstić information content (AvgIpc) is 3.54. The molecule has 0 aliphatic rings. The first-order valence-corrected chi connectivity index (χ1v) is 11.1. The Morgan fingerprint density at radius 2 is 1.52 bits per heavy atom. The van der Waals surface area contributed by atoms with Gasteiger partial charge in [-0.3, -0.25) is 9.59 Å². The van der Waals surface area contributed by atoms with Crippen LogP contribution in [0.3, 0.4) is 0 Å². The molecule has 3 rings (SSSR count). The maximum Gasteiger partial charge on any atom is 0.408 e. The zero-order valence-electron chi connectivity index (χ0n) is 18.9. The van der Waals surface area contributed by atoms with E-state index in [0.29, 0.717) is 18.4 Å². The summed E-state index contributed by atoms with van der Waals surface area (Å²) in [4.78, 5) is 37.0. The fourth-order valence-corrected chi connectivity index (χ4v) is 3.56. The van der Waals surface area contributed by atoms with E-state index in [9.17, 15) is 19.5 Å². The smallest absolute Gasteiger partial charge is 0.408 e. The molecule has 0 saturated heterocycles. The number of carbonyl (C=O) groups is 2. The molecule has 0 aliphatic carbocycles. The van der Waals surface area contributed by atoms with E-state index in [4.69, 9.17) is 4.74 Å². The van der Waals surface area contributed by atoms with Crippen molar-refractivity contribution in [1.29, 1.82) is 0 Å². The van der Waals surface area contributed by atoms with Crippen molar-refractivity contribution in [2.45, 2.75) is 51.5 Å². The van der Waals surface area contributed by atoms with Gasteiger partial charge >= 0.3 is 6.09 Å². The maximum absolute atomic E-state index is 13.1. The molecule has 3 aromatic carbocycles. The van der Waals surface area contributed by atoms with E-state index in [1.54, 1.807) is 0 Å². The summed E-state index contributed by atoms with van der Waals surface area (Å²) < 4.78 is 5.27. The van der Waals surface area contributed by atoms with Crippen LogP contribution in [0.15, 0.2) is 71.5 Å². The zero-order chi connectivity index (χ0) is 23.8. The molecule has 2 unspecified atom stereocenters. The van der Waals surface area contributed by atoms with Crippen molar-refractivity contribution in [1.82, 2.24) is 10.6 Å². The van der Waals surface area contributed by atoms with Gasteiger partial charge in [-0.1, -0.05) is 74.5 Å². The quantitative estimate of drug-likeness (QED) is 0.417. The molecule has 7 nitrogen and oxygen atoms in total. The van der Waals surface area contributed by atoms with Crippen molar-refractivity contribution >= 4 is 12.0 Å². The summed E-state index contributed by atoms with van der Waals surface area (Å²) in [7, 11) is 0. The maximum atomic E-state index is 13.1. The van der Waals surface area contributed by atoms with Crippen molar-refractivity contribution in [2.24, 2.45) is 5.92 Å². The minimum atomic E-state index is -1.12. The third kappa shape index (κ3) is 7.57. The van der Waals surface area contributed by atoms with Gasteiger partial charge in [0.15, 0.2) is 5.43 Å². The molecule has 0 bridgehead atoms. The standard InChI is InChI=1S/C26H30N2O5/c1-17(2)13-22(28-26(32)33-16-19-11-7-4-8-12-19)25(31)27-21(24(30)20-15-23(20)29)14-18-9-5-3-6-10-18/h3-12,15,17,21-22,24,30H,13-14,16H2,1-2H3,(H,27,31)(H,28,32)/t21-,22?,24?/m0/s1. The molecule has 0 aliphatic heterocycles. The Morgan fingerprint density at radius 3 is 2.06 bits per heavy atom. The summed E-state index contributed by atoms with van der Waals surface area (Å²) in [6, 6.07) is 18.5. The molecule has 7 heteroatoms. The highest BCUT2D eigenvalue weighted by Crippen LogP contribution is 2.20. The molecule has 2 amide bonds. The van der Waals surface area contributed by atoms with E-state index in [0.717, 1.165) is 11.1 Å². The fourth-order valence-electron chi connectivity index (χ4n) is 3.56. The van der Waals surface area contributed by atoms with Gasteiger partial charge in [0.25, 0.3) is 0 Å². The van der Waals surface area contributed by atoms with Crippen molar-refractivity contribution < 1.29 is 19.4 Å². The predicted octanol–water partition coefficient (Wildman–Crippen LogP) is 3.02. The van der Waals surface area contributed by atoms with Crippen LogP contribution in [0.4, 0.5) is 4.79 Å². The molecule has 3 aromatic rings. The first kappa shape index (κ1) is 24.2. The molecule has 33 heavy (non-hydrogen) atoms. The molecule has 3 N–H and O–H groups in total. The van der Waals surface area contributed by atoms with Gasteiger partial charge in [-0.15, -0.1) is 0 Å². The Balaban J connectivity index is 1.66. The van der Waals surface area contributed by atoms with Gasteiger partial charge < -0.3 is 20.5 Å². The highest BCUT2D eigenvalue weighted by atomic mass is 16.5. The van der Waals surface area contributed by atoms with Crippen LogP contribution < -0.4 is 16.1 Å². The van der Waals surface area contributed by atoms with E-state index in [2.05, 4.69) is 10.6 Å². The van der Waals surface area contributed by atoms with Crippen LogP contribution in [0.25, 0.3) is 0 Å². The number of alkyl carbamates (subject to hydrolysis) is 1. The number of benzene rings is 2. The zero-order valence-corrected chi connectivity index (χ0v) is 18.9. The second-order valence-corrected chi connectivity index (χ2v) is 8.60. The van der Waals surface area contributed by atoms with E-state index in [1.807, 2.05) is 74.5 Å². The Bertz CT molecular complexity index is 1040. The van der Waals surface area contributed by atoms with Crippen LogP contribution in [-0.2, 0) is 22.6 Å². The van der Waals surface area contributed by atoms with Crippen LogP contribution in [-0.4, -0.2) is 29.2 Å². The number of amides is 2. The number of rotatable bonds is 11. The van der Waals surface area contributed by atoms with E-state index >= 15 is 0 Å². The normalized spacial score (nSPS) is 13.9. The van der Waals surface area contributed by atoms with Crippen molar-refractivity contribution in [3.8, 4) is 0 Å². The van der Waals surface area contributed by atoms with Crippen LogP contribution in [0.1, 0.15) is 43.1 Å². The van der Waals surface area contributed by atoms with E-state index in [-0.39, 0.29) is 18.0 Å². The fraction of sp³-hybridized carbons (Fsp3) is 0.346. The van der Waals surface area contributed by atoms with Gasteiger partial charge in [-0.05, 0) is 36.0 Å². The number of hydrogen-bond donors (Lipinski definition) is 3. The number of carbonyl (C=O) groups excluding carboxylic acids is 2. The second-order valence-electron chi connectivity index (χ2n) is 8.60. The molecular formula is C26H30N2O5. The van der Waals surface area contributed by atoms with E-state index < -0.39 is 30.2 Å². The highest BCUT2D eigenvalue weighted by molar-refractivity contribution is 5.86. The molecular weight excluding hydrogens is 420 g/mol. The summed E-state index contributed by atoms with van der Waals surface area (Å²) >= 11 is 0. The molecule has 0 fully saturated rings. The minimum Gasteiger partial charge on any atom is -0.445 e. The predicted molar refractivity (Wildman–Crippen MR) is 125 cm³/mol. The van der Waals surface area contributed by atoms with Crippen molar-refractivity contribution in [2.75, 3.05) is 0 Å². The summed E-state index contributed by atoms with van der Waals surface area (Å²) in [5.74, 6) is -0.311. The molecule has 0 heterocycles. The lowest BCUT2D eigenvalue weighted by Crippen LogP contribution is -2.52. The minimum absolute atomic E-state index is 0.0916. The Hall–Kier alpha value is -3.45. The van der Waals surface area contributed by atoms with Crippen molar-refractivity contribution in [3.05, 3.63) is 93.6 Å². The van der Waals surface area contributed by atoms with Crippen molar-refractivity contribution in [3.63, 3.8) is 0 Å². The van der Waals surface area contributed by atoms with Gasteiger partial charge in [0.2, 0.25) is 5.91 Å². The largest absolute Gasteiger partial charge is 0.445 e. The molecule has 0 spiro atoms. The SMILES string of the molecule is CC(C)CC(NC(=O)OCc1ccccc1)C(=O)N[C@@H](Cc1ccccc1)C(O)c1cc1=O. The topological polar surface area (TPSA) is 105 Å². The van der Waals surface area contributed by atoms with Crippen LogP contribution in [0, 0.1) is 5.92 Å². The Kier molecular flexibility index (Phi) is 8.38. The average molecular weight is 451 g/mol. The molecule has 174 valence electrons. The first-order valence-electron chi connectivity index (χ1n) is 11.1.